The molecule has 1 aromatic carbocycles. The lowest BCUT2D eigenvalue weighted by atomic mass is 9.97. The van der Waals surface area contributed by atoms with Crippen molar-refractivity contribution in [3.05, 3.63) is 29.3 Å². The second-order valence-electron chi connectivity index (χ2n) is 5.95. The number of amides is 1. The van der Waals surface area contributed by atoms with E-state index in [1.807, 2.05) is 13.8 Å². The first-order chi connectivity index (χ1) is 10.8. The fourth-order valence-electron chi connectivity index (χ4n) is 2.60. The van der Waals surface area contributed by atoms with Crippen molar-refractivity contribution in [1.29, 1.82) is 0 Å². The van der Waals surface area contributed by atoms with Crippen LogP contribution in [-0.4, -0.2) is 37.8 Å². The Kier molecular flexibility index (Phi) is 6.06. The van der Waals surface area contributed by atoms with Crippen LogP contribution in [0, 0.1) is 5.92 Å². The summed E-state index contributed by atoms with van der Waals surface area (Å²) in [6.07, 6.45) is 1.97. The number of benzene rings is 1. The van der Waals surface area contributed by atoms with Gasteiger partial charge >= 0.3 is 0 Å². The largest absolute Gasteiger partial charge is 0.353 e. The molecular weight excluding hydrogens is 336 g/mol. The van der Waals surface area contributed by atoms with E-state index in [9.17, 15) is 13.2 Å². The van der Waals surface area contributed by atoms with Gasteiger partial charge in [-0.3, -0.25) is 4.79 Å². The van der Waals surface area contributed by atoms with Gasteiger partial charge in [0.25, 0.3) is 0 Å². The Balaban J connectivity index is 2.00. The number of carbonyl (C=O) groups excluding carboxylic acids is 1. The monoisotopic (exact) mass is 358 g/mol. The Morgan fingerprint density at radius 2 is 2.04 bits per heavy atom. The smallest absolute Gasteiger partial charge is 0.243 e. The van der Waals surface area contributed by atoms with Gasteiger partial charge in [0.2, 0.25) is 15.9 Å². The Morgan fingerprint density at radius 1 is 1.39 bits per heavy atom. The first-order valence-electron chi connectivity index (χ1n) is 7.90. The van der Waals surface area contributed by atoms with Gasteiger partial charge in [-0.2, -0.15) is 4.31 Å². The van der Waals surface area contributed by atoms with Crippen molar-refractivity contribution in [3.63, 3.8) is 0 Å². The number of sulfonamides is 1. The average molecular weight is 359 g/mol. The summed E-state index contributed by atoms with van der Waals surface area (Å²) in [5, 5.41) is 3.36. The summed E-state index contributed by atoms with van der Waals surface area (Å²) >= 11 is 5.88. The van der Waals surface area contributed by atoms with E-state index in [-0.39, 0.29) is 22.8 Å². The molecule has 0 aromatic heterocycles. The molecule has 5 nitrogen and oxygen atoms in total. The van der Waals surface area contributed by atoms with Crippen molar-refractivity contribution < 1.29 is 13.2 Å². The van der Waals surface area contributed by atoms with Crippen molar-refractivity contribution in [3.8, 4) is 0 Å². The van der Waals surface area contributed by atoms with Crippen LogP contribution in [0.1, 0.15) is 33.1 Å². The van der Waals surface area contributed by atoms with Crippen molar-refractivity contribution in [2.75, 3.05) is 13.1 Å². The quantitative estimate of drug-likeness (QED) is 0.879. The molecule has 1 heterocycles. The van der Waals surface area contributed by atoms with E-state index in [1.165, 1.54) is 10.4 Å². The summed E-state index contributed by atoms with van der Waals surface area (Å²) in [5.74, 6) is -0.0889. The second kappa shape index (κ2) is 7.64. The molecule has 1 aromatic rings. The van der Waals surface area contributed by atoms with Gasteiger partial charge in [-0.15, -0.1) is 0 Å². The molecule has 0 radical (unpaired) electrons. The standard InChI is InChI=1S/C16H23ClN2O3S/c1-3-12(2)18-16(20)13-7-9-19(10-8-13)23(21,22)15-6-4-5-14(17)11-15/h4-6,11-13H,3,7-10H2,1-2H3,(H,18,20). The zero-order chi connectivity index (χ0) is 17.0. The van der Waals surface area contributed by atoms with Gasteiger partial charge in [0.1, 0.15) is 0 Å². The molecule has 0 bridgehead atoms. The lowest BCUT2D eigenvalue weighted by Gasteiger charge is -2.31. The van der Waals surface area contributed by atoms with Crippen LogP contribution in [0.25, 0.3) is 0 Å². The third kappa shape index (κ3) is 4.46. The maximum Gasteiger partial charge on any atom is 0.243 e. The molecule has 0 saturated carbocycles. The van der Waals surface area contributed by atoms with Gasteiger partial charge in [-0.1, -0.05) is 24.6 Å². The fraction of sp³-hybridized carbons (Fsp3) is 0.562. The van der Waals surface area contributed by atoms with E-state index in [1.54, 1.807) is 18.2 Å². The second-order valence-corrected chi connectivity index (χ2v) is 8.33. The highest BCUT2D eigenvalue weighted by Crippen LogP contribution is 2.25. The van der Waals surface area contributed by atoms with Crippen molar-refractivity contribution >= 4 is 27.5 Å². The highest BCUT2D eigenvalue weighted by Gasteiger charge is 2.32. The van der Waals surface area contributed by atoms with E-state index in [0.29, 0.717) is 31.0 Å². The highest BCUT2D eigenvalue weighted by atomic mass is 35.5. The SMILES string of the molecule is CCC(C)NC(=O)C1CCN(S(=O)(=O)c2cccc(Cl)c2)CC1. The molecule has 7 heteroatoms. The molecule has 23 heavy (non-hydrogen) atoms. The maximum atomic E-state index is 12.6. The first kappa shape index (κ1) is 18.2. The van der Waals surface area contributed by atoms with Crippen LogP contribution in [0.15, 0.2) is 29.2 Å². The van der Waals surface area contributed by atoms with Gasteiger partial charge < -0.3 is 5.32 Å². The van der Waals surface area contributed by atoms with E-state index in [4.69, 9.17) is 11.6 Å². The van der Waals surface area contributed by atoms with Gasteiger partial charge in [-0.25, -0.2) is 8.42 Å². The molecule has 0 aliphatic carbocycles. The zero-order valence-electron chi connectivity index (χ0n) is 13.5. The number of nitrogens with one attached hydrogen (secondary N) is 1. The molecule has 0 spiro atoms. The van der Waals surface area contributed by atoms with Crippen LogP contribution in [0.3, 0.4) is 0 Å². The van der Waals surface area contributed by atoms with Gasteiger partial charge in [0, 0.05) is 30.1 Å². The summed E-state index contributed by atoms with van der Waals surface area (Å²) in [4.78, 5) is 12.3. The average Bonchev–Trinajstić information content (AvgIpc) is 2.54. The number of piperidine rings is 1. The van der Waals surface area contributed by atoms with E-state index >= 15 is 0 Å². The third-order valence-corrected chi connectivity index (χ3v) is 6.39. The summed E-state index contributed by atoms with van der Waals surface area (Å²) in [6, 6.07) is 6.42. The van der Waals surface area contributed by atoms with Crippen molar-refractivity contribution in [2.45, 2.75) is 44.0 Å². The maximum absolute atomic E-state index is 12.6. The molecular formula is C16H23ClN2O3S. The molecule has 1 amide bonds. The molecule has 1 aliphatic rings. The van der Waals surface area contributed by atoms with Crippen LogP contribution < -0.4 is 5.32 Å². The van der Waals surface area contributed by atoms with Crippen LogP contribution in [0.5, 0.6) is 0 Å². The molecule has 1 fully saturated rings. The summed E-state index contributed by atoms with van der Waals surface area (Å²) in [5.41, 5.74) is 0. The van der Waals surface area contributed by atoms with Gasteiger partial charge in [-0.05, 0) is 44.4 Å². The first-order valence-corrected chi connectivity index (χ1v) is 9.72. The zero-order valence-corrected chi connectivity index (χ0v) is 15.0. The predicted octanol–water partition coefficient (Wildman–Crippen LogP) is 2.66. The molecule has 1 atom stereocenters. The number of rotatable bonds is 5. The number of halogens is 1. The predicted molar refractivity (Wildman–Crippen MR) is 90.8 cm³/mol. The van der Waals surface area contributed by atoms with Crippen molar-refractivity contribution in [2.24, 2.45) is 5.92 Å². The number of hydrogen-bond donors (Lipinski definition) is 1. The van der Waals surface area contributed by atoms with Gasteiger partial charge in [0.05, 0.1) is 4.90 Å². The number of nitrogens with zero attached hydrogens (tertiary/aromatic N) is 1. The van der Waals surface area contributed by atoms with Crippen LogP contribution >= 0.6 is 11.6 Å². The Hall–Kier alpha value is -1.11. The highest BCUT2D eigenvalue weighted by molar-refractivity contribution is 7.89. The Morgan fingerprint density at radius 3 is 2.61 bits per heavy atom. The molecule has 128 valence electrons. The minimum Gasteiger partial charge on any atom is -0.353 e. The van der Waals surface area contributed by atoms with Crippen LogP contribution in [-0.2, 0) is 14.8 Å². The Labute approximate surface area is 143 Å². The molecule has 1 saturated heterocycles. The fourth-order valence-corrected chi connectivity index (χ4v) is 4.37. The van der Waals surface area contributed by atoms with Crippen molar-refractivity contribution in [1.82, 2.24) is 9.62 Å². The number of hydrogen-bond acceptors (Lipinski definition) is 3. The van der Waals surface area contributed by atoms with E-state index in [2.05, 4.69) is 5.32 Å². The summed E-state index contributed by atoms with van der Waals surface area (Å²) < 4.78 is 26.6. The molecule has 1 unspecified atom stereocenters. The minimum absolute atomic E-state index is 0.0270. The molecule has 2 rings (SSSR count). The van der Waals surface area contributed by atoms with Crippen LogP contribution in [0.4, 0.5) is 0 Å². The minimum atomic E-state index is -3.54. The van der Waals surface area contributed by atoms with Gasteiger partial charge in [0.15, 0.2) is 0 Å². The normalized spacial score (nSPS) is 18.6. The van der Waals surface area contributed by atoms with E-state index in [0.717, 1.165) is 6.42 Å². The summed E-state index contributed by atoms with van der Waals surface area (Å²) in [7, 11) is -3.54. The third-order valence-electron chi connectivity index (χ3n) is 4.26. The topological polar surface area (TPSA) is 66.5 Å². The lowest BCUT2D eigenvalue weighted by Crippen LogP contribution is -2.44. The van der Waals surface area contributed by atoms with E-state index < -0.39 is 10.0 Å². The summed E-state index contributed by atoms with van der Waals surface area (Å²) in [6.45, 7) is 4.70. The number of carbonyl (C=O) groups is 1. The van der Waals surface area contributed by atoms with Crippen LogP contribution in [0.2, 0.25) is 5.02 Å². The Bertz CT molecular complexity index is 655. The lowest BCUT2D eigenvalue weighted by molar-refractivity contribution is -0.126. The molecule has 1 aliphatic heterocycles. The molecule has 1 N–H and O–H groups in total.